The molecule has 5 nitrogen and oxygen atoms in total. The third-order valence-corrected chi connectivity index (χ3v) is 1.63. The Morgan fingerprint density at radius 3 is 2.36 bits per heavy atom. The number of carbonyl (C=O) groups excluding carboxylic acids is 2. The molecular weight excluding hydrogens is 182 g/mol. The molecule has 0 saturated heterocycles. The first-order valence-corrected chi connectivity index (χ1v) is 4.93. The van der Waals surface area contributed by atoms with Gasteiger partial charge in [0.2, 0.25) is 5.91 Å². The van der Waals surface area contributed by atoms with Crippen molar-refractivity contribution in [3.8, 4) is 0 Å². The van der Waals surface area contributed by atoms with E-state index >= 15 is 0 Å². The van der Waals surface area contributed by atoms with Crippen molar-refractivity contribution in [1.82, 2.24) is 16.0 Å². The molecule has 0 aromatic heterocycles. The number of hydrogen-bond acceptors (Lipinski definition) is 2. The molecule has 0 heterocycles. The monoisotopic (exact) mass is 201 g/mol. The van der Waals surface area contributed by atoms with Crippen LogP contribution in [0.1, 0.15) is 27.2 Å². The predicted molar refractivity (Wildman–Crippen MR) is 55.0 cm³/mol. The molecule has 0 aliphatic rings. The second-order valence-corrected chi connectivity index (χ2v) is 3.02. The molecule has 1 atom stereocenters. The van der Waals surface area contributed by atoms with Gasteiger partial charge in [0.25, 0.3) is 0 Å². The topological polar surface area (TPSA) is 70.2 Å². The van der Waals surface area contributed by atoms with Crippen molar-refractivity contribution in [1.29, 1.82) is 0 Å². The number of hydrogen-bond donors (Lipinski definition) is 3. The van der Waals surface area contributed by atoms with Crippen molar-refractivity contribution in [3.05, 3.63) is 0 Å². The average Bonchev–Trinajstić information content (AvgIpc) is 2.15. The zero-order valence-corrected chi connectivity index (χ0v) is 9.02. The summed E-state index contributed by atoms with van der Waals surface area (Å²) in [6.07, 6.45) is 0.878. The number of urea groups is 1. The lowest BCUT2D eigenvalue weighted by Gasteiger charge is -2.13. The lowest BCUT2D eigenvalue weighted by molar-refractivity contribution is -0.122. The molecule has 0 aliphatic carbocycles. The maximum Gasteiger partial charge on any atom is 0.315 e. The Hall–Kier alpha value is -1.26. The van der Waals surface area contributed by atoms with E-state index < -0.39 is 6.04 Å². The largest absolute Gasteiger partial charge is 0.355 e. The summed E-state index contributed by atoms with van der Waals surface area (Å²) in [5, 5.41) is 7.79. The Labute approximate surface area is 84.6 Å². The van der Waals surface area contributed by atoms with Gasteiger partial charge in [-0.1, -0.05) is 6.92 Å². The summed E-state index contributed by atoms with van der Waals surface area (Å²) in [6, 6.07) is -0.794. The maximum atomic E-state index is 11.2. The van der Waals surface area contributed by atoms with E-state index in [1.807, 2.05) is 13.8 Å². The second kappa shape index (κ2) is 7.17. The number of nitrogens with one attached hydrogen (secondary N) is 3. The number of likely N-dealkylation sites (N-methyl/N-ethyl adjacent to an activating group) is 1. The van der Waals surface area contributed by atoms with Crippen LogP contribution in [0.2, 0.25) is 0 Å². The first-order chi connectivity index (χ1) is 6.61. The van der Waals surface area contributed by atoms with Crippen molar-refractivity contribution >= 4 is 11.9 Å². The molecule has 3 N–H and O–H groups in total. The van der Waals surface area contributed by atoms with Gasteiger partial charge >= 0.3 is 6.03 Å². The van der Waals surface area contributed by atoms with Gasteiger partial charge in [-0.15, -0.1) is 0 Å². The Balaban J connectivity index is 3.75. The van der Waals surface area contributed by atoms with E-state index in [9.17, 15) is 9.59 Å². The van der Waals surface area contributed by atoms with E-state index in [2.05, 4.69) is 16.0 Å². The molecule has 0 aliphatic heterocycles. The standard InChI is InChI=1S/C9H19N3O2/c1-4-6-11-9(14)12-7(3)8(13)10-5-2/h7H,4-6H2,1-3H3,(H,10,13)(H2,11,12,14). The van der Waals surface area contributed by atoms with Crippen LogP contribution < -0.4 is 16.0 Å². The SMILES string of the molecule is CCCNC(=O)NC(C)C(=O)NCC. The third kappa shape index (κ3) is 5.40. The number of amides is 3. The zero-order valence-electron chi connectivity index (χ0n) is 9.02. The minimum atomic E-state index is -0.494. The van der Waals surface area contributed by atoms with E-state index in [0.717, 1.165) is 6.42 Å². The van der Waals surface area contributed by atoms with Crippen molar-refractivity contribution in [3.63, 3.8) is 0 Å². The average molecular weight is 201 g/mol. The van der Waals surface area contributed by atoms with Crippen molar-refractivity contribution in [2.24, 2.45) is 0 Å². The number of rotatable bonds is 5. The lowest BCUT2D eigenvalue weighted by Crippen LogP contribution is -2.48. The van der Waals surface area contributed by atoms with Gasteiger partial charge in [0.1, 0.15) is 6.04 Å². The quantitative estimate of drug-likeness (QED) is 0.595. The van der Waals surface area contributed by atoms with E-state index in [0.29, 0.717) is 13.1 Å². The summed E-state index contributed by atoms with van der Waals surface area (Å²) in [6.45, 7) is 6.64. The molecule has 5 heteroatoms. The Morgan fingerprint density at radius 2 is 1.86 bits per heavy atom. The number of carbonyl (C=O) groups is 2. The summed E-state index contributed by atoms with van der Waals surface area (Å²) in [4.78, 5) is 22.3. The van der Waals surface area contributed by atoms with E-state index in [-0.39, 0.29) is 11.9 Å². The first kappa shape index (κ1) is 12.7. The molecule has 0 saturated carbocycles. The molecule has 14 heavy (non-hydrogen) atoms. The summed E-state index contributed by atoms with van der Waals surface area (Å²) in [5.74, 6) is -0.167. The van der Waals surface area contributed by atoms with Gasteiger partial charge in [-0.25, -0.2) is 4.79 Å². The lowest BCUT2D eigenvalue weighted by atomic mass is 10.3. The van der Waals surface area contributed by atoms with Crippen LogP contribution in [-0.2, 0) is 4.79 Å². The highest BCUT2D eigenvalue weighted by atomic mass is 16.2. The van der Waals surface area contributed by atoms with Crippen LogP contribution in [0.15, 0.2) is 0 Å². The normalized spacial score (nSPS) is 11.6. The summed E-state index contributed by atoms with van der Waals surface area (Å²) < 4.78 is 0. The first-order valence-electron chi connectivity index (χ1n) is 4.93. The van der Waals surface area contributed by atoms with Crippen LogP contribution in [0.5, 0.6) is 0 Å². The van der Waals surface area contributed by atoms with Crippen LogP contribution >= 0.6 is 0 Å². The molecule has 0 aromatic rings. The summed E-state index contributed by atoms with van der Waals surface area (Å²) in [5.41, 5.74) is 0. The fraction of sp³-hybridized carbons (Fsp3) is 0.778. The fourth-order valence-electron chi connectivity index (χ4n) is 0.879. The fourth-order valence-corrected chi connectivity index (χ4v) is 0.879. The molecule has 0 bridgehead atoms. The highest BCUT2D eigenvalue weighted by Gasteiger charge is 2.13. The van der Waals surface area contributed by atoms with E-state index in [1.165, 1.54) is 0 Å². The molecule has 0 aromatic carbocycles. The van der Waals surface area contributed by atoms with Gasteiger partial charge in [0.15, 0.2) is 0 Å². The molecule has 0 fully saturated rings. The van der Waals surface area contributed by atoms with Gasteiger partial charge in [0.05, 0.1) is 0 Å². The predicted octanol–water partition coefficient (Wildman–Crippen LogP) is 0.220. The van der Waals surface area contributed by atoms with Gasteiger partial charge in [0, 0.05) is 13.1 Å². The minimum absolute atomic E-state index is 0.167. The van der Waals surface area contributed by atoms with Crippen molar-refractivity contribution in [2.45, 2.75) is 33.2 Å². The summed E-state index contributed by atoms with van der Waals surface area (Å²) >= 11 is 0. The van der Waals surface area contributed by atoms with E-state index in [4.69, 9.17) is 0 Å². The highest BCUT2D eigenvalue weighted by molar-refractivity contribution is 5.86. The van der Waals surface area contributed by atoms with Gasteiger partial charge in [-0.2, -0.15) is 0 Å². The van der Waals surface area contributed by atoms with Crippen LogP contribution in [0.4, 0.5) is 4.79 Å². The van der Waals surface area contributed by atoms with Crippen molar-refractivity contribution in [2.75, 3.05) is 13.1 Å². The van der Waals surface area contributed by atoms with Crippen LogP contribution in [0.3, 0.4) is 0 Å². The third-order valence-electron chi connectivity index (χ3n) is 1.63. The summed E-state index contributed by atoms with van der Waals surface area (Å²) in [7, 11) is 0. The van der Waals surface area contributed by atoms with Gasteiger partial charge in [-0.05, 0) is 20.3 Å². The van der Waals surface area contributed by atoms with E-state index in [1.54, 1.807) is 6.92 Å². The Morgan fingerprint density at radius 1 is 1.21 bits per heavy atom. The molecular formula is C9H19N3O2. The molecule has 0 spiro atoms. The molecule has 0 radical (unpaired) electrons. The molecule has 0 rings (SSSR count). The van der Waals surface area contributed by atoms with Crippen LogP contribution in [0, 0.1) is 0 Å². The Kier molecular flexibility index (Phi) is 6.53. The molecule has 3 amide bonds. The maximum absolute atomic E-state index is 11.2. The van der Waals surface area contributed by atoms with Crippen molar-refractivity contribution < 1.29 is 9.59 Å². The Bertz CT molecular complexity index is 194. The molecule has 82 valence electrons. The minimum Gasteiger partial charge on any atom is -0.355 e. The van der Waals surface area contributed by atoms with Gasteiger partial charge in [-0.3, -0.25) is 4.79 Å². The second-order valence-electron chi connectivity index (χ2n) is 3.02. The molecule has 1 unspecified atom stereocenters. The van der Waals surface area contributed by atoms with Crippen LogP contribution in [-0.4, -0.2) is 31.1 Å². The van der Waals surface area contributed by atoms with Gasteiger partial charge < -0.3 is 16.0 Å². The highest BCUT2D eigenvalue weighted by Crippen LogP contribution is 1.82. The smallest absolute Gasteiger partial charge is 0.315 e. The van der Waals surface area contributed by atoms with Crippen LogP contribution in [0.25, 0.3) is 0 Å². The zero-order chi connectivity index (χ0) is 11.0.